The summed E-state index contributed by atoms with van der Waals surface area (Å²) in [5, 5.41) is 12.0. The van der Waals surface area contributed by atoms with Crippen LogP contribution in [-0.2, 0) is 0 Å². The van der Waals surface area contributed by atoms with Gasteiger partial charge in [0.05, 0.1) is 17.5 Å². The number of rotatable bonds is 3. The summed E-state index contributed by atoms with van der Waals surface area (Å²) in [5.41, 5.74) is 7.24. The normalized spacial score (nSPS) is 12.5. The Hall–Kier alpha value is -1.22. The van der Waals surface area contributed by atoms with Crippen molar-refractivity contribution < 1.29 is 5.11 Å². The van der Waals surface area contributed by atoms with E-state index < -0.39 is 0 Å². The van der Waals surface area contributed by atoms with Crippen LogP contribution in [0.15, 0.2) is 24.3 Å². The van der Waals surface area contributed by atoms with Gasteiger partial charge in [-0.15, -0.1) is 0 Å². The molecular formula is C9H14N2O. The van der Waals surface area contributed by atoms with Crippen molar-refractivity contribution in [1.29, 1.82) is 0 Å². The SMILES string of the molecule is C[C@@H](O)CNc1ccccc1N. The van der Waals surface area contributed by atoms with E-state index in [-0.39, 0.29) is 6.10 Å². The van der Waals surface area contributed by atoms with E-state index in [0.717, 1.165) is 5.69 Å². The van der Waals surface area contributed by atoms with E-state index >= 15 is 0 Å². The monoisotopic (exact) mass is 166 g/mol. The fraction of sp³-hybridized carbons (Fsp3) is 0.333. The minimum absolute atomic E-state index is 0.357. The average Bonchev–Trinajstić information content (AvgIpc) is 2.03. The first-order chi connectivity index (χ1) is 5.70. The number of aliphatic hydroxyl groups is 1. The maximum Gasteiger partial charge on any atom is 0.0684 e. The third-order valence-corrected chi connectivity index (χ3v) is 1.55. The Kier molecular flexibility index (Phi) is 2.94. The minimum Gasteiger partial charge on any atom is -0.397 e. The third-order valence-electron chi connectivity index (χ3n) is 1.55. The molecule has 0 aliphatic rings. The van der Waals surface area contributed by atoms with E-state index in [0.29, 0.717) is 12.2 Å². The predicted molar refractivity (Wildman–Crippen MR) is 51.0 cm³/mol. The van der Waals surface area contributed by atoms with Crippen molar-refractivity contribution in [3.8, 4) is 0 Å². The smallest absolute Gasteiger partial charge is 0.0684 e. The number of hydrogen-bond acceptors (Lipinski definition) is 3. The Morgan fingerprint density at radius 2 is 2.17 bits per heavy atom. The van der Waals surface area contributed by atoms with E-state index in [1.54, 1.807) is 6.92 Å². The number of nitrogen functional groups attached to an aromatic ring is 1. The maximum absolute atomic E-state index is 9.00. The Morgan fingerprint density at radius 3 is 2.75 bits per heavy atom. The van der Waals surface area contributed by atoms with Crippen LogP contribution in [-0.4, -0.2) is 17.8 Å². The van der Waals surface area contributed by atoms with Crippen LogP contribution in [0.3, 0.4) is 0 Å². The molecule has 1 rings (SSSR count). The van der Waals surface area contributed by atoms with Crippen LogP contribution in [0, 0.1) is 0 Å². The lowest BCUT2D eigenvalue weighted by molar-refractivity contribution is 0.208. The van der Waals surface area contributed by atoms with Gasteiger partial charge in [0.15, 0.2) is 0 Å². The number of hydrogen-bond donors (Lipinski definition) is 3. The summed E-state index contributed by atoms with van der Waals surface area (Å²) in [6.45, 7) is 2.25. The Labute approximate surface area is 72.2 Å². The van der Waals surface area contributed by atoms with Crippen LogP contribution >= 0.6 is 0 Å². The van der Waals surface area contributed by atoms with Crippen LogP contribution < -0.4 is 11.1 Å². The summed E-state index contributed by atoms with van der Waals surface area (Å²) >= 11 is 0. The standard InChI is InChI=1S/C9H14N2O/c1-7(12)6-11-9-5-3-2-4-8(9)10/h2-5,7,11-12H,6,10H2,1H3/t7-/m1/s1. The molecule has 66 valence electrons. The molecule has 1 atom stereocenters. The third kappa shape index (κ3) is 2.43. The van der Waals surface area contributed by atoms with Crippen LogP contribution in [0.5, 0.6) is 0 Å². The second-order valence-corrected chi connectivity index (χ2v) is 2.82. The number of nitrogens with one attached hydrogen (secondary N) is 1. The summed E-state index contributed by atoms with van der Waals surface area (Å²) in [4.78, 5) is 0. The lowest BCUT2D eigenvalue weighted by Gasteiger charge is -2.09. The van der Waals surface area contributed by atoms with E-state index in [2.05, 4.69) is 5.32 Å². The van der Waals surface area contributed by atoms with Crippen molar-refractivity contribution >= 4 is 11.4 Å². The van der Waals surface area contributed by atoms with Gasteiger partial charge in [-0.25, -0.2) is 0 Å². The molecule has 1 aromatic rings. The molecule has 0 aliphatic heterocycles. The maximum atomic E-state index is 9.00. The number of benzene rings is 1. The van der Waals surface area contributed by atoms with Gasteiger partial charge >= 0.3 is 0 Å². The molecule has 0 aliphatic carbocycles. The van der Waals surface area contributed by atoms with Crippen LogP contribution in [0.4, 0.5) is 11.4 Å². The molecule has 0 unspecified atom stereocenters. The molecule has 1 aromatic carbocycles. The summed E-state index contributed by atoms with van der Waals surface area (Å²) < 4.78 is 0. The van der Waals surface area contributed by atoms with Crippen LogP contribution in [0.1, 0.15) is 6.92 Å². The topological polar surface area (TPSA) is 58.3 Å². The van der Waals surface area contributed by atoms with Crippen LogP contribution in [0.25, 0.3) is 0 Å². The van der Waals surface area contributed by atoms with Crippen LogP contribution in [0.2, 0.25) is 0 Å². The molecular weight excluding hydrogens is 152 g/mol. The lowest BCUT2D eigenvalue weighted by atomic mass is 10.2. The van der Waals surface area contributed by atoms with Crippen molar-refractivity contribution in [3.63, 3.8) is 0 Å². The predicted octanol–water partition coefficient (Wildman–Crippen LogP) is 1.06. The molecule has 0 aromatic heterocycles. The van der Waals surface area contributed by atoms with Crippen molar-refractivity contribution in [2.24, 2.45) is 0 Å². The van der Waals surface area contributed by atoms with E-state index in [1.807, 2.05) is 24.3 Å². The van der Waals surface area contributed by atoms with Gasteiger partial charge in [0.1, 0.15) is 0 Å². The van der Waals surface area contributed by atoms with Crippen molar-refractivity contribution in [3.05, 3.63) is 24.3 Å². The van der Waals surface area contributed by atoms with Crippen molar-refractivity contribution in [2.45, 2.75) is 13.0 Å². The Balaban J connectivity index is 2.57. The minimum atomic E-state index is -0.357. The molecule has 0 saturated heterocycles. The average molecular weight is 166 g/mol. The zero-order valence-electron chi connectivity index (χ0n) is 7.12. The van der Waals surface area contributed by atoms with E-state index in [1.165, 1.54) is 0 Å². The first kappa shape index (κ1) is 8.87. The van der Waals surface area contributed by atoms with Crippen molar-refractivity contribution in [2.75, 3.05) is 17.6 Å². The van der Waals surface area contributed by atoms with Gasteiger partial charge < -0.3 is 16.2 Å². The number of nitrogens with two attached hydrogens (primary N) is 1. The lowest BCUT2D eigenvalue weighted by Crippen LogP contribution is -2.15. The first-order valence-electron chi connectivity index (χ1n) is 3.96. The molecule has 4 N–H and O–H groups in total. The zero-order valence-corrected chi connectivity index (χ0v) is 7.12. The molecule has 0 saturated carbocycles. The molecule has 0 heterocycles. The summed E-state index contributed by atoms with van der Waals surface area (Å²) in [7, 11) is 0. The molecule has 3 heteroatoms. The molecule has 0 amide bonds. The quantitative estimate of drug-likeness (QED) is 0.588. The van der Waals surface area contributed by atoms with Gasteiger partial charge in [-0.05, 0) is 19.1 Å². The fourth-order valence-corrected chi connectivity index (χ4v) is 0.916. The second-order valence-electron chi connectivity index (χ2n) is 2.82. The van der Waals surface area contributed by atoms with Gasteiger partial charge in [-0.3, -0.25) is 0 Å². The van der Waals surface area contributed by atoms with Gasteiger partial charge in [-0.2, -0.15) is 0 Å². The number of anilines is 2. The zero-order chi connectivity index (χ0) is 8.97. The first-order valence-corrected chi connectivity index (χ1v) is 3.96. The molecule has 0 bridgehead atoms. The summed E-state index contributed by atoms with van der Waals surface area (Å²) in [6.07, 6.45) is -0.357. The van der Waals surface area contributed by atoms with Gasteiger partial charge in [0, 0.05) is 6.54 Å². The number of aliphatic hydroxyl groups excluding tert-OH is 1. The van der Waals surface area contributed by atoms with Gasteiger partial charge in [0.2, 0.25) is 0 Å². The molecule has 0 radical (unpaired) electrons. The number of para-hydroxylation sites is 2. The van der Waals surface area contributed by atoms with Crippen molar-refractivity contribution in [1.82, 2.24) is 0 Å². The molecule has 0 fully saturated rings. The molecule has 0 spiro atoms. The highest BCUT2D eigenvalue weighted by Crippen LogP contribution is 2.16. The highest BCUT2D eigenvalue weighted by molar-refractivity contribution is 5.65. The Morgan fingerprint density at radius 1 is 1.50 bits per heavy atom. The fourth-order valence-electron chi connectivity index (χ4n) is 0.916. The van der Waals surface area contributed by atoms with Gasteiger partial charge in [0.25, 0.3) is 0 Å². The highest BCUT2D eigenvalue weighted by Gasteiger charge is 1.97. The summed E-state index contributed by atoms with van der Waals surface area (Å²) in [5.74, 6) is 0. The molecule has 12 heavy (non-hydrogen) atoms. The summed E-state index contributed by atoms with van der Waals surface area (Å²) in [6, 6.07) is 7.49. The largest absolute Gasteiger partial charge is 0.397 e. The van der Waals surface area contributed by atoms with Gasteiger partial charge in [-0.1, -0.05) is 12.1 Å². The molecule has 3 nitrogen and oxygen atoms in total. The second kappa shape index (κ2) is 3.97. The highest BCUT2D eigenvalue weighted by atomic mass is 16.3. The Bertz CT molecular complexity index is 248. The van der Waals surface area contributed by atoms with E-state index in [9.17, 15) is 0 Å². The van der Waals surface area contributed by atoms with E-state index in [4.69, 9.17) is 10.8 Å².